The van der Waals surface area contributed by atoms with Crippen molar-refractivity contribution >= 4 is 17.5 Å². The Morgan fingerprint density at radius 1 is 1.21 bits per heavy atom. The van der Waals surface area contributed by atoms with E-state index in [4.69, 9.17) is 0 Å². The molecule has 1 rings (SSSR count). The number of aliphatic hydroxyl groups is 1. The zero-order chi connectivity index (χ0) is 14.4. The van der Waals surface area contributed by atoms with Gasteiger partial charge in [0.25, 0.3) is 0 Å². The van der Waals surface area contributed by atoms with Gasteiger partial charge in [0.05, 0.1) is 6.10 Å². The van der Waals surface area contributed by atoms with Crippen molar-refractivity contribution in [3.8, 4) is 0 Å². The maximum absolute atomic E-state index is 11.2. The highest BCUT2D eigenvalue weighted by molar-refractivity contribution is 6.35. The fourth-order valence-electron chi connectivity index (χ4n) is 1.50. The molecule has 0 spiro atoms. The van der Waals surface area contributed by atoms with Crippen LogP contribution in [-0.2, 0) is 9.59 Å². The summed E-state index contributed by atoms with van der Waals surface area (Å²) in [4.78, 5) is 24.1. The number of carbonyl (C=O) groups excluding carboxylic acids is 2. The molecule has 6 nitrogen and oxygen atoms in total. The molecule has 0 aromatic heterocycles. The third kappa shape index (κ3) is 4.26. The van der Waals surface area contributed by atoms with Crippen LogP contribution in [0.2, 0.25) is 0 Å². The molecule has 3 N–H and O–H groups in total. The van der Waals surface area contributed by atoms with Crippen LogP contribution in [0.4, 0.5) is 5.69 Å². The van der Waals surface area contributed by atoms with Crippen LogP contribution in [0.3, 0.4) is 0 Å². The summed E-state index contributed by atoms with van der Waals surface area (Å²) in [5, 5.41) is 14.5. The number of likely N-dealkylation sites (N-methyl/N-ethyl adjacent to an activating group) is 1. The van der Waals surface area contributed by atoms with E-state index in [1.165, 1.54) is 7.05 Å². The van der Waals surface area contributed by atoms with Crippen molar-refractivity contribution < 1.29 is 14.7 Å². The lowest BCUT2D eigenvalue weighted by molar-refractivity contribution is -0.139. The molecule has 1 aromatic carbocycles. The molecule has 0 aliphatic heterocycles. The van der Waals surface area contributed by atoms with E-state index >= 15 is 0 Å². The first-order valence-electron chi connectivity index (χ1n) is 5.91. The Hall–Kier alpha value is -2.08. The summed E-state index contributed by atoms with van der Waals surface area (Å²) in [5.74, 6) is -1.48. The number of hydrogen-bond acceptors (Lipinski definition) is 4. The van der Waals surface area contributed by atoms with Gasteiger partial charge in [-0.3, -0.25) is 9.59 Å². The number of rotatable bonds is 4. The fraction of sp³-hybridized carbons (Fsp3) is 0.385. The Morgan fingerprint density at radius 2 is 1.79 bits per heavy atom. The fourth-order valence-corrected chi connectivity index (χ4v) is 1.50. The standard InChI is InChI=1S/C13H19N3O3/c1-14-12(18)13(19)15-8-11(17)9-4-6-10(7-5-9)16(2)3/h4-7,11,17H,8H2,1-3H3,(H,14,18)(H,15,19). The molecule has 6 heteroatoms. The summed E-state index contributed by atoms with van der Waals surface area (Å²) >= 11 is 0. The van der Waals surface area contributed by atoms with Gasteiger partial charge in [0.15, 0.2) is 0 Å². The van der Waals surface area contributed by atoms with Crippen molar-refractivity contribution in [2.24, 2.45) is 0 Å². The number of hydrogen-bond donors (Lipinski definition) is 3. The van der Waals surface area contributed by atoms with E-state index in [2.05, 4.69) is 10.6 Å². The number of benzene rings is 1. The van der Waals surface area contributed by atoms with Gasteiger partial charge in [0, 0.05) is 33.4 Å². The smallest absolute Gasteiger partial charge is 0.309 e. The Morgan fingerprint density at radius 3 is 2.26 bits per heavy atom. The minimum absolute atomic E-state index is 0.00638. The molecule has 19 heavy (non-hydrogen) atoms. The van der Waals surface area contributed by atoms with Crippen molar-refractivity contribution in [2.45, 2.75) is 6.10 Å². The Labute approximate surface area is 112 Å². The van der Waals surface area contributed by atoms with E-state index in [0.717, 1.165) is 5.69 Å². The number of nitrogens with zero attached hydrogens (tertiary/aromatic N) is 1. The lowest BCUT2D eigenvalue weighted by Crippen LogP contribution is -2.39. The quantitative estimate of drug-likeness (QED) is 0.650. The molecule has 1 atom stereocenters. The topological polar surface area (TPSA) is 81.7 Å². The van der Waals surface area contributed by atoms with Crippen LogP contribution < -0.4 is 15.5 Å². The molecule has 1 unspecified atom stereocenters. The molecular weight excluding hydrogens is 246 g/mol. The molecule has 104 valence electrons. The predicted molar refractivity (Wildman–Crippen MR) is 72.8 cm³/mol. The molecule has 0 aliphatic carbocycles. The summed E-state index contributed by atoms with van der Waals surface area (Å²) in [6, 6.07) is 7.32. The minimum atomic E-state index is -0.843. The van der Waals surface area contributed by atoms with E-state index in [1.54, 1.807) is 12.1 Å². The average molecular weight is 265 g/mol. The van der Waals surface area contributed by atoms with Crippen molar-refractivity contribution in [1.82, 2.24) is 10.6 Å². The van der Waals surface area contributed by atoms with Gasteiger partial charge in [-0.15, -0.1) is 0 Å². The van der Waals surface area contributed by atoms with Crippen LogP contribution in [0.5, 0.6) is 0 Å². The van der Waals surface area contributed by atoms with Gasteiger partial charge in [-0.05, 0) is 17.7 Å². The molecule has 1 aromatic rings. The Kier molecular flexibility index (Phi) is 5.32. The van der Waals surface area contributed by atoms with Crippen LogP contribution in [0.15, 0.2) is 24.3 Å². The molecular formula is C13H19N3O3. The van der Waals surface area contributed by atoms with Crippen LogP contribution in [0.1, 0.15) is 11.7 Å². The van der Waals surface area contributed by atoms with Gasteiger partial charge in [-0.1, -0.05) is 12.1 Å². The summed E-state index contributed by atoms with van der Waals surface area (Å²) in [6.07, 6.45) is -0.843. The molecule has 0 bridgehead atoms. The lowest BCUT2D eigenvalue weighted by Gasteiger charge is -2.15. The number of anilines is 1. The van der Waals surface area contributed by atoms with Crippen LogP contribution in [-0.4, -0.2) is 44.6 Å². The highest BCUT2D eigenvalue weighted by Gasteiger charge is 2.14. The highest BCUT2D eigenvalue weighted by atomic mass is 16.3. The van der Waals surface area contributed by atoms with E-state index in [1.807, 2.05) is 31.1 Å². The van der Waals surface area contributed by atoms with Crippen molar-refractivity contribution in [1.29, 1.82) is 0 Å². The van der Waals surface area contributed by atoms with Crippen LogP contribution >= 0.6 is 0 Å². The SMILES string of the molecule is CNC(=O)C(=O)NCC(O)c1ccc(N(C)C)cc1. The maximum Gasteiger partial charge on any atom is 0.309 e. The molecule has 0 radical (unpaired) electrons. The van der Waals surface area contributed by atoms with Crippen molar-refractivity contribution in [3.05, 3.63) is 29.8 Å². The van der Waals surface area contributed by atoms with Crippen molar-refractivity contribution in [2.75, 3.05) is 32.6 Å². The van der Waals surface area contributed by atoms with Gasteiger partial charge < -0.3 is 20.6 Å². The molecule has 2 amide bonds. The Bertz CT molecular complexity index is 443. The molecule has 0 aliphatic rings. The number of amides is 2. The largest absolute Gasteiger partial charge is 0.387 e. The van der Waals surface area contributed by atoms with E-state index < -0.39 is 17.9 Å². The molecule has 0 fully saturated rings. The summed E-state index contributed by atoms with van der Waals surface area (Å²) < 4.78 is 0. The number of carbonyl (C=O) groups is 2. The van der Waals surface area contributed by atoms with E-state index in [-0.39, 0.29) is 6.54 Å². The third-order valence-electron chi connectivity index (χ3n) is 2.68. The lowest BCUT2D eigenvalue weighted by atomic mass is 10.1. The van der Waals surface area contributed by atoms with Crippen LogP contribution in [0, 0.1) is 0 Å². The summed E-state index contributed by atoms with van der Waals surface area (Å²) in [7, 11) is 5.22. The first kappa shape index (κ1) is 15.0. The normalized spacial score (nSPS) is 11.6. The van der Waals surface area contributed by atoms with Gasteiger partial charge in [-0.2, -0.15) is 0 Å². The van der Waals surface area contributed by atoms with Gasteiger partial charge in [-0.25, -0.2) is 0 Å². The first-order valence-corrected chi connectivity index (χ1v) is 5.91. The van der Waals surface area contributed by atoms with Crippen molar-refractivity contribution in [3.63, 3.8) is 0 Å². The van der Waals surface area contributed by atoms with Crippen LogP contribution in [0.25, 0.3) is 0 Å². The first-order chi connectivity index (χ1) is 8.95. The summed E-state index contributed by atoms with van der Waals surface area (Å²) in [6.45, 7) is -0.00638. The highest BCUT2D eigenvalue weighted by Crippen LogP contribution is 2.17. The summed E-state index contributed by atoms with van der Waals surface area (Å²) in [5.41, 5.74) is 1.70. The second kappa shape index (κ2) is 6.75. The van der Waals surface area contributed by atoms with Gasteiger partial charge in [0.2, 0.25) is 0 Å². The zero-order valence-corrected chi connectivity index (χ0v) is 11.3. The maximum atomic E-state index is 11.2. The predicted octanol–water partition coefficient (Wildman–Crippen LogP) is -0.352. The third-order valence-corrected chi connectivity index (χ3v) is 2.68. The monoisotopic (exact) mass is 265 g/mol. The second-order valence-corrected chi connectivity index (χ2v) is 4.29. The van der Waals surface area contributed by atoms with Gasteiger partial charge in [0.1, 0.15) is 0 Å². The van der Waals surface area contributed by atoms with Gasteiger partial charge >= 0.3 is 11.8 Å². The molecule has 0 saturated heterocycles. The molecule has 0 saturated carbocycles. The second-order valence-electron chi connectivity index (χ2n) is 4.29. The number of aliphatic hydroxyl groups excluding tert-OH is 1. The minimum Gasteiger partial charge on any atom is -0.387 e. The zero-order valence-electron chi connectivity index (χ0n) is 11.3. The van der Waals surface area contributed by atoms with E-state index in [0.29, 0.717) is 5.56 Å². The average Bonchev–Trinajstić information content (AvgIpc) is 2.43. The molecule has 0 heterocycles. The number of nitrogens with one attached hydrogen (secondary N) is 2. The van der Waals surface area contributed by atoms with E-state index in [9.17, 15) is 14.7 Å². The Balaban J connectivity index is 2.56.